The topological polar surface area (TPSA) is 93.6 Å². The van der Waals surface area contributed by atoms with E-state index in [0.717, 1.165) is 6.54 Å². The van der Waals surface area contributed by atoms with Crippen LogP contribution >= 0.6 is 0 Å². The van der Waals surface area contributed by atoms with Gasteiger partial charge in [0.15, 0.2) is 0 Å². The Bertz CT molecular complexity index is 356. The third-order valence-electron chi connectivity index (χ3n) is 3.25. The zero-order chi connectivity index (χ0) is 15.0. The van der Waals surface area contributed by atoms with E-state index >= 15 is 0 Å². The highest BCUT2D eigenvalue weighted by molar-refractivity contribution is 5.82. The van der Waals surface area contributed by atoms with Crippen molar-refractivity contribution in [2.45, 2.75) is 18.5 Å². The number of carbonyl (C=O) groups excluding carboxylic acids is 1. The van der Waals surface area contributed by atoms with E-state index in [9.17, 15) is 4.79 Å². The van der Waals surface area contributed by atoms with Gasteiger partial charge in [-0.3, -0.25) is 4.79 Å². The molecule has 0 aromatic heterocycles. The predicted molar refractivity (Wildman–Crippen MR) is 76.4 cm³/mol. The molecule has 0 aromatic carbocycles. The van der Waals surface area contributed by atoms with Crippen molar-refractivity contribution in [3.05, 3.63) is 10.4 Å². The van der Waals surface area contributed by atoms with Gasteiger partial charge in [0, 0.05) is 31.6 Å². The van der Waals surface area contributed by atoms with Crippen molar-refractivity contribution in [2.75, 3.05) is 54.0 Å². The number of nitrogens with zero attached hydrogens (tertiary/aromatic N) is 5. The molecule has 1 saturated heterocycles. The van der Waals surface area contributed by atoms with Gasteiger partial charge >= 0.3 is 0 Å². The molecule has 1 aliphatic rings. The third-order valence-corrected chi connectivity index (χ3v) is 3.25. The van der Waals surface area contributed by atoms with Crippen LogP contribution in [-0.4, -0.2) is 81.8 Å². The molecule has 0 bridgehead atoms. The van der Waals surface area contributed by atoms with E-state index in [2.05, 4.69) is 15.3 Å². The minimum Gasteiger partial charge on any atom is -0.378 e. The number of likely N-dealkylation sites (N-methyl/N-ethyl adjacent to an activating group) is 2. The zero-order valence-electron chi connectivity index (χ0n) is 12.4. The molecule has 20 heavy (non-hydrogen) atoms. The van der Waals surface area contributed by atoms with Crippen molar-refractivity contribution in [2.24, 2.45) is 5.11 Å². The number of hydrogen-bond donors (Lipinski definition) is 1. The number of azide groups is 1. The summed E-state index contributed by atoms with van der Waals surface area (Å²) in [4.78, 5) is 18.6. The molecule has 1 amide bonds. The maximum atomic E-state index is 12.1. The Balaban J connectivity index is 2.21. The molecule has 0 aromatic rings. The van der Waals surface area contributed by atoms with Crippen molar-refractivity contribution in [1.82, 2.24) is 15.1 Å². The molecular weight excluding hydrogens is 260 g/mol. The minimum absolute atomic E-state index is 0.0249. The first-order valence-corrected chi connectivity index (χ1v) is 6.79. The molecular formula is C12H24N6O2. The zero-order valence-corrected chi connectivity index (χ0v) is 12.4. The number of ether oxygens (including phenoxy) is 1. The second-order valence-electron chi connectivity index (χ2n) is 5.23. The largest absolute Gasteiger partial charge is 0.378 e. The normalized spacial score (nSPS) is 21.8. The molecule has 2 atom stereocenters. The molecule has 8 nitrogen and oxygen atoms in total. The third kappa shape index (κ3) is 5.75. The molecule has 1 rings (SSSR count). The number of carbonyl (C=O) groups is 1. The highest BCUT2D eigenvalue weighted by atomic mass is 16.5. The lowest BCUT2D eigenvalue weighted by Crippen LogP contribution is -2.42. The summed E-state index contributed by atoms with van der Waals surface area (Å²) in [6.07, 6.45) is 0.564. The van der Waals surface area contributed by atoms with Gasteiger partial charge < -0.3 is 19.9 Å². The Hall–Kier alpha value is -1.34. The lowest BCUT2D eigenvalue weighted by Gasteiger charge is -2.21. The number of rotatable bonds is 8. The fraction of sp³-hybridized carbons (Fsp3) is 0.917. The average molecular weight is 284 g/mol. The van der Waals surface area contributed by atoms with Crippen LogP contribution in [0.1, 0.15) is 6.42 Å². The number of nitrogens with one attached hydrogen (secondary N) is 1. The number of hydrogen-bond acceptors (Lipinski definition) is 5. The monoisotopic (exact) mass is 284 g/mol. The van der Waals surface area contributed by atoms with Crippen molar-refractivity contribution in [3.8, 4) is 0 Å². The molecule has 1 aliphatic heterocycles. The molecule has 8 heteroatoms. The van der Waals surface area contributed by atoms with Crippen molar-refractivity contribution in [1.29, 1.82) is 0 Å². The Labute approximate surface area is 119 Å². The molecule has 0 radical (unpaired) electrons. The van der Waals surface area contributed by atoms with Crippen molar-refractivity contribution in [3.63, 3.8) is 0 Å². The van der Waals surface area contributed by atoms with Crippen molar-refractivity contribution >= 4 is 5.91 Å². The lowest BCUT2D eigenvalue weighted by atomic mass is 10.1. The van der Waals surface area contributed by atoms with Crippen LogP contribution in [0.4, 0.5) is 0 Å². The molecule has 1 fully saturated rings. The van der Waals surface area contributed by atoms with Crippen LogP contribution in [0.15, 0.2) is 5.11 Å². The molecule has 0 spiro atoms. The van der Waals surface area contributed by atoms with E-state index in [1.54, 1.807) is 11.9 Å². The van der Waals surface area contributed by atoms with Crippen LogP contribution in [0, 0.1) is 0 Å². The van der Waals surface area contributed by atoms with Gasteiger partial charge in [-0.1, -0.05) is 5.11 Å². The van der Waals surface area contributed by atoms with E-state index in [1.807, 2.05) is 19.0 Å². The Morgan fingerprint density at radius 3 is 2.75 bits per heavy atom. The smallest absolute Gasteiger partial charge is 0.239 e. The van der Waals surface area contributed by atoms with Crippen LogP contribution in [0.3, 0.4) is 0 Å². The molecule has 0 saturated carbocycles. The molecule has 1 unspecified atom stereocenters. The van der Waals surface area contributed by atoms with Crippen LogP contribution in [-0.2, 0) is 9.53 Å². The highest BCUT2D eigenvalue weighted by Gasteiger charge is 2.30. The van der Waals surface area contributed by atoms with Crippen LogP contribution in [0.25, 0.3) is 10.4 Å². The second kappa shape index (κ2) is 8.76. The SMILES string of the molecule is CN(C)CCOCCN(C)C(=O)[C@@H]1CC(N=[N+]=[N-])CN1. The highest BCUT2D eigenvalue weighted by Crippen LogP contribution is 2.12. The Kier molecular flexibility index (Phi) is 7.32. The first-order chi connectivity index (χ1) is 9.54. The molecule has 1 N–H and O–H groups in total. The first kappa shape index (κ1) is 16.7. The first-order valence-electron chi connectivity index (χ1n) is 6.79. The van der Waals surface area contributed by atoms with Gasteiger partial charge in [-0.25, -0.2) is 0 Å². The summed E-state index contributed by atoms with van der Waals surface area (Å²) in [6, 6.07) is -0.379. The van der Waals surface area contributed by atoms with Gasteiger partial charge in [0.25, 0.3) is 0 Å². The summed E-state index contributed by atoms with van der Waals surface area (Å²) in [5.74, 6) is 0.0249. The van der Waals surface area contributed by atoms with Gasteiger partial charge in [-0.2, -0.15) is 0 Å². The van der Waals surface area contributed by atoms with E-state index < -0.39 is 0 Å². The fourth-order valence-electron chi connectivity index (χ4n) is 1.99. The molecule has 0 aliphatic carbocycles. The summed E-state index contributed by atoms with van der Waals surface area (Å²) in [5, 5.41) is 6.72. The summed E-state index contributed by atoms with van der Waals surface area (Å²) >= 11 is 0. The van der Waals surface area contributed by atoms with Gasteiger partial charge in [0.1, 0.15) is 0 Å². The van der Waals surface area contributed by atoms with E-state index in [0.29, 0.717) is 32.7 Å². The van der Waals surface area contributed by atoms with Crippen molar-refractivity contribution < 1.29 is 9.53 Å². The summed E-state index contributed by atoms with van der Waals surface area (Å²) in [5.41, 5.74) is 8.38. The lowest BCUT2D eigenvalue weighted by molar-refractivity contribution is -0.132. The van der Waals surface area contributed by atoms with Gasteiger partial charge in [-0.05, 0) is 26.0 Å². The van der Waals surface area contributed by atoms with E-state index in [4.69, 9.17) is 10.3 Å². The second-order valence-corrected chi connectivity index (χ2v) is 5.23. The van der Waals surface area contributed by atoms with E-state index in [1.165, 1.54) is 0 Å². The average Bonchev–Trinajstić information content (AvgIpc) is 2.86. The Morgan fingerprint density at radius 2 is 2.10 bits per heavy atom. The van der Waals surface area contributed by atoms with Crippen LogP contribution < -0.4 is 5.32 Å². The quantitative estimate of drug-likeness (QED) is 0.295. The predicted octanol–water partition coefficient (Wildman–Crippen LogP) is 0.0638. The van der Waals surface area contributed by atoms with Crippen LogP contribution in [0.5, 0.6) is 0 Å². The summed E-state index contributed by atoms with van der Waals surface area (Å²) in [7, 11) is 5.75. The maximum absolute atomic E-state index is 12.1. The van der Waals surface area contributed by atoms with Gasteiger partial charge in [0.05, 0.1) is 25.3 Å². The standard InChI is InChI=1S/C12H24N6O2/c1-17(2)4-6-20-7-5-18(3)12(19)11-8-10(9-14-11)15-16-13/h10-11,14H,4-9H2,1-3H3/t10?,11-/m0/s1. The number of amides is 1. The fourth-order valence-corrected chi connectivity index (χ4v) is 1.99. The minimum atomic E-state index is -0.253. The Morgan fingerprint density at radius 1 is 1.40 bits per heavy atom. The van der Waals surface area contributed by atoms with Crippen LogP contribution in [0.2, 0.25) is 0 Å². The maximum Gasteiger partial charge on any atom is 0.239 e. The molecule has 114 valence electrons. The van der Waals surface area contributed by atoms with Gasteiger partial charge in [0.2, 0.25) is 5.91 Å². The summed E-state index contributed by atoms with van der Waals surface area (Å²) < 4.78 is 5.47. The van der Waals surface area contributed by atoms with Gasteiger partial charge in [-0.15, -0.1) is 0 Å². The van der Waals surface area contributed by atoms with E-state index in [-0.39, 0.29) is 18.0 Å². The summed E-state index contributed by atoms with van der Waals surface area (Å²) in [6.45, 7) is 3.19. The molecule has 1 heterocycles.